The van der Waals surface area contributed by atoms with Crippen LogP contribution < -0.4 is 10.5 Å². The van der Waals surface area contributed by atoms with E-state index in [4.69, 9.17) is 5.73 Å². The number of hydrogen-bond acceptors (Lipinski definition) is 4. The van der Waals surface area contributed by atoms with Gasteiger partial charge in [-0.1, -0.05) is 6.07 Å². The van der Waals surface area contributed by atoms with Gasteiger partial charge >= 0.3 is 0 Å². The van der Waals surface area contributed by atoms with Gasteiger partial charge in [-0.25, -0.2) is 18.1 Å². The van der Waals surface area contributed by atoms with Crippen LogP contribution in [0.1, 0.15) is 11.3 Å². The third-order valence-electron chi connectivity index (χ3n) is 2.62. The number of H-pyrrole nitrogens is 1. The number of rotatable bonds is 4. The Hall–Kier alpha value is -1.86. The number of sulfonamides is 1. The second-order valence-corrected chi connectivity index (χ2v) is 5.61. The van der Waals surface area contributed by atoms with Crippen LogP contribution in [0.4, 0.5) is 5.69 Å². The maximum atomic E-state index is 12.1. The molecule has 0 aliphatic rings. The fourth-order valence-corrected chi connectivity index (χ4v) is 2.83. The number of nitrogens with one attached hydrogen (secondary N) is 2. The molecule has 2 aromatic rings. The lowest BCUT2D eigenvalue weighted by Gasteiger charge is -2.10. The van der Waals surface area contributed by atoms with E-state index in [1.54, 1.807) is 25.3 Å². The highest BCUT2D eigenvalue weighted by molar-refractivity contribution is 7.89. The van der Waals surface area contributed by atoms with E-state index in [1.807, 2.05) is 0 Å². The summed E-state index contributed by atoms with van der Waals surface area (Å²) in [6.45, 7) is 1.84. The molecule has 1 aromatic heterocycles. The Morgan fingerprint density at radius 3 is 2.89 bits per heavy atom. The molecule has 1 heterocycles. The van der Waals surface area contributed by atoms with Gasteiger partial charge in [0.25, 0.3) is 0 Å². The summed E-state index contributed by atoms with van der Waals surface area (Å²) in [6, 6.07) is 4.82. The Kier molecular flexibility index (Phi) is 3.35. The zero-order chi connectivity index (χ0) is 13.2. The Balaban J connectivity index is 2.23. The second kappa shape index (κ2) is 4.79. The number of aromatic amines is 1. The van der Waals surface area contributed by atoms with Crippen molar-refractivity contribution in [3.63, 3.8) is 0 Å². The van der Waals surface area contributed by atoms with E-state index in [0.717, 1.165) is 0 Å². The van der Waals surface area contributed by atoms with Crippen LogP contribution in [0.15, 0.2) is 35.6 Å². The van der Waals surface area contributed by atoms with Gasteiger partial charge in [-0.05, 0) is 24.6 Å². The SMILES string of the molecule is Cc1c(N)cccc1S(=O)(=O)NCc1cnc[nH]1. The summed E-state index contributed by atoms with van der Waals surface area (Å²) >= 11 is 0. The molecule has 0 amide bonds. The average molecular weight is 266 g/mol. The van der Waals surface area contributed by atoms with Gasteiger partial charge in [0.2, 0.25) is 10.0 Å². The molecule has 0 saturated carbocycles. The monoisotopic (exact) mass is 266 g/mol. The average Bonchev–Trinajstić information content (AvgIpc) is 2.83. The van der Waals surface area contributed by atoms with Crippen molar-refractivity contribution in [2.24, 2.45) is 0 Å². The number of hydrogen-bond donors (Lipinski definition) is 3. The lowest BCUT2D eigenvalue weighted by atomic mass is 10.2. The van der Waals surface area contributed by atoms with E-state index in [9.17, 15) is 8.42 Å². The van der Waals surface area contributed by atoms with Crippen LogP contribution in [0.25, 0.3) is 0 Å². The van der Waals surface area contributed by atoms with Crippen molar-refractivity contribution in [3.05, 3.63) is 42.0 Å². The minimum atomic E-state index is -3.57. The van der Waals surface area contributed by atoms with Gasteiger partial charge in [-0.15, -0.1) is 0 Å². The normalized spacial score (nSPS) is 11.6. The lowest BCUT2D eigenvalue weighted by molar-refractivity contribution is 0.580. The quantitative estimate of drug-likeness (QED) is 0.712. The fraction of sp³-hybridized carbons (Fsp3) is 0.182. The van der Waals surface area contributed by atoms with Crippen molar-refractivity contribution in [2.45, 2.75) is 18.4 Å². The number of imidazole rings is 1. The molecule has 0 fully saturated rings. The van der Waals surface area contributed by atoms with E-state index >= 15 is 0 Å². The minimum Gasteiger partial charge on any atom is -0.398 e. The first-order valence-electron chi connectivity index (χ1n) is 5.33. The lowest BCUT2D eigenvalue weighted by Crippen LogP contribution is -2.24. The van der Waals surface area contributed by atoms with Gasteiger partial charge < -0.3 is 10.7 Å². The van der Waals surface area contributed by atoms with E-state index < -0.39 is 10.0 Å². The van der Waals surface area contributed by atoms with Crippen molar-refractivity contribution in [2.75, 3.05) is 5.73 Å². The largest absolute Gasteiger partial charge is 0.398 e. The first-order valence-corrected chi connectivity index (χ1v) is 6.81. The van der Waals surface area contributed by atoms with Crippen LogP contribution in [0.3, 0.4) is 0 Å². The Morgan fingerprint density at radius 2 is 2.22 bits per heavy atom. The van der Waals surface area contributed by atoms with E-state index in [0.29, 0.717) is 16.9 Å². The van der Waals surface area contributed by atoms with Crippen LogP contribution in [-0.2, 0) is 16.6 Å². The number of nitrogens with two attached hydrogens (primary N) is 1. The minimum absolute atomic E-state index is 0.163. The molecule has 0 spiro atoms. The van der Waals surface area contributed by atoms with Gasteiger partial charge in [0.15, 0.2) is 0 Å². The van der Waals surface area contributed by atoms with Gasteiger partial charge in [0.05, 0.1) is 17.8 Å². The first-order chi connectivity index (χ1) is 8.50. The van der Waals surface area contributed by atoms with E-state index in [1.165, 1.54) is 12.4 Å². The van der Waals surface area contributed by atoms with Crippen molar-refractivity contribution in [1.82, 2.24) is 14.7 Å². The number of benzene rings is 1. The maximum absolute atomic E-state index is 12.1. The van der Waals surface area contributed by atoms with Gasteiger partial charge in [0, 0.05) is 17.6 Å². The third kappa shape index (κ3) is 2.52. The number of nitrogens with zero attached hydrogens (tertiary/aromatic N) is 1. The fourth-order valence-electron chi connectivity index (χ4n) is 1.55. The molecule has 4 N–H and O–H groups in total. The Labute approximate surface area is 105 Å². The highest BCUT2D eigenvalue weighted by Gasteiger charge is 2.17. The van der Waals surface area contributed by atoms with Gasteiger partial charge in [-0.3, -0.25) is 0 Å². The maximum Gasteiger partial charge on any atom is 0.241 e. The summed E-state index contributed by atoms with van der Waals surface area (Å²) < 4.78 is 26.7. The van der Waals surface area contributed by atoms with Crippen LogP contribution in [-0.4, -0.2) is 18.4 Å². The summed E-state index contributed by atoms with van der Waals surface area (Å²) in [4.78, 5) is 6.84. The molecule has 7 heteroatoms. The molecule has 0 unspecified atom stereocenters. The predicted molar refractivity (Wildman–Crippen MR) is 68.2 cm³/mol. The molecule has 0 aliphatic carbocycles. The summed E-state index contributed by atoms with van der Waals surface area (Å²) in [7, 11) is -3.57. The Bertz CT molecular complexity index is 635. The van der Waals surface area contributed by atoms with Crippen molar-refractivity contribution >= 4 is 15.7 Å². The van der Waals surface area contributed by atoms with Gasteiger partial charge in [-0.2, -0.15) is 0 Å². The van der Waals surface area contributed by atoms with Crippen molar-refractivity contribution in [3.8, 4) is 0 Å². The molecule has 6 nitrogen and oxygen atoms in total. The molecule has 1 aromatic carbocycles. The highest BCUT2D eigenvalue weighted by Crippen LogP contribution is 2.20. The Morgan fingerprint density at radius 1 is 1.44 bits per heavy atom. The number of anilines is 1. The van der Waals surface area contributed by atoms with Gasteiger partial charge in [0.1, 0.15) is 0 Å². The molecule has 0 radical (unpaired) electrons. The summed E-state index contributed by atoms with van der Waals surface area (Å²) in [5.74, 6) is 0. The van der Waals surface area contributed by atoms with Crippen LogP contribution in [0.5, 0.6) is 0 Å². The zero-order valence-corrected chi connectivity index (χ0v) is 10.7. The number of nitrogen functional groups attached to an aromatic ring is 1. The van der Waals surface area contributed by atoms with E-state index in [-0.39, 0.29) is 11.4 Å². The van der Waals surface area contributed by atoms with Crippen LogP contribution in [0, 0.1) is 6.92 Å². The van der Waals surface area contributed by atoms with E-state index in [2.05, 4.69) is 14.7 Å². The molecule has 0 bridgehead atoms. The molecular formula is C11H14N4O2S. The second-order valence-electron chi connectivity index (χ2n) is 3.87. The van der Waals surface area contributed by atoms with Crippen molar-refractivity contribution < 1.29 is 8.42 Å². The topological polar surface area (TPSA) is 101 Å². The van der Waals surface area contributed by atoms with Crippen molar-refractivity contribution in [1.29, 1.82) is 0 Å². The third-order valence-corrected chi connectivity index (χ3v) is 4.17. The molecule has 0 atom stereocenters. The van der Waals surface area contributed by atoms with Crippen LogP contribution >= 0.6 is 0 Å². The standard InChI is InChI=1S/C11H14N4O2S/c1-8-10(12)3-2-4-11(8)18(16,17)15-6-9-5-13-7-14-9/h2-5,7,15H,6,12H2,1H3,(H,13,14). The first kappa shape index (κ1) is 12.6. The zero-order valence-electron chi connectivity index (χ0n) is 9.84. The molecule has 0 aliphatic heterocycles. The predicted octanol–water partition coefficient (Wildman–Crippen LogP) is 0.779. The summed E-state index contributed by atoms with van der Waals surface area (Å²) in [6.07, 6.45) is 3.06. The number of aromatic nitrogens is 2. The molecule has 2 rings (SSSR count). The molecule has 96 valence electrons. The summed E-state index contributed by atoms with van der Waals surface area (Å²) in [5.41, 5.74) is 7.40. The molecular weight excluding hydrogens is 252 g/mol. The molecule has 18 heavy (non-hydrogen) atoms. The van der Waals surface area contributed by atoms with Crippen LogP contribution in [0.2, 0.25) is 0 Å². The smallest absolute Gasteiger partial charge is 0.241 e. The molecule has 0 saturated heterocycles. The highest BCUT2D eigenvalue weighted by atomic mass is 32.2. The summed E-state index contributed by atoms with van der Waals surface area (Å²) in [5, 5.41) is 0.